The van der Waals surface area contributed by atoms with Gasteiger partial charge in [-0.25, -0.2) is 15.0 Å². The number of halogens is 1. The van der Waals surface area contributed by atoms with Crippen molar-refractivity contribution in [2.75, 3.05) is 16.4 Å². The number of pyridine rings is 2. The van der Waals surface area contributed by atoms with E-state index in [1.165, 1.54) is 24.7 Å². The molecule has 1 amide bonds. The first-order valence-corrected chi connectivity index (χ1v) is 9.37. The summed E-state index contributed by atoms with van der Waals surface area (Å²) >= 11 is 0. The number of carbonyl (C=O) groups is 1. The van der Waals surface area contributed by atoms with Gasteiger partial charge in [0.15, 0.2) is 0 Å². The third kappa shape index (κ3) is 4.96. The summed E-state index contributed by atoms with van der Waals surface area (Å²) in [5.41, 5.74) is 9.21. The Kier molecular flexibility index (Phi) is 5.75. The predicted octanol–water partition coefficient (Wildman–Crippen LogP) is 3.52. The van der Waals surface area contributed by atoms with Gasteiger partial charge in [-0.15, -0.1) is 0 Å². The molecule has 0 bridgehead atoms. The summed E-state index contributed by atoms with van der Waals surface area (Å²) in [7, 11) is 0. The van der Waals surface area contributed by atoms with Crippen molar-refractivity contribution in [1.82, 2.24) is 19.9 Å². The molecule has 0 radical (unpaired) electrons. The van der Waals surface area contributed by atoms with Crippen LogP contribution in [0.4, 0.5) is 21.6 Å². The van der Waals surface area contributed by atoms with Gasteiger partial charge in [0.05, 0.1) is 36.0 Å². The quantitative estimate of drug-likeness (QED) is 0.326. The molecular weight excluding hydrogens is 397 g/mol. The number of amides is 1. The number of benzene rings is 1. The highest BCUT2D eigenvalue weighted by Gasteiger charge is 2.12. The van der Waals surface area contributed by atoms with Crippen LogP contribution in [0.5, 0.6) is 0 Å². The number of nitrogens with one attached hydrogen (secondary N) is 2. The molecule has 0 fully saturated rings. The SMILES string of the molecule is Nc1ccc(-c2ccc(F)nc2)cc1NC(=O)c1cnc(NCc2ccccn2)cn1. The Bertz CT molecular complexity index is 1180. The molecule has 0 unspecified atom stereocenters. The van der Waals surface area contributed by atoms with Crippen LogP contribution < -0.4 is 16.4 Å². The first-order chi connectivity index (χ1) is 15.1. The maximum Gasteiger partial charge on any atom is 0.275 e. The molecule has 154 valence electrons. The number of carbonyl (C=O) groups excluding carboxylic acids is 1. The van der Waals surface area contributed by atoms with Crippen LogP contribution in [0.3, 0.4) is 0 Å². The largest absolute Gasteiger partial charge is 0.397 e. The first-order valence-electron chi connectivity index (χ1n) is 9.37. The molecule has 0 saturated heterocycles. The molecule has 4 aromatic rings. The molecule has 4 N–H and O–H groups in total. The van der Waals surface area contributed by atoms with E-state index in [1.807, 2.05) is 18.2 Å². The van der Waals surface area contributed by atoms with Gasteiger partial charge in [0, 0.05) is 18.0 Å². The van der Waals surface area contributed by atoms with Crippen molar-refractivity contribution in [2.24, 2.45) is 0 Å². The Morgan fingerprint density at radius 1 is 0.935 bits per heavy atom. The van der Waals surface area contributed by atoms with Crippen LogP contribution >= 0.6 is 0 Å². The second-order valence-corrected chi connectivity index (χ2v) is 6.59. The van der Waals surface area contributed by atoms with Gasteiger partial charge in [-0.1, -0.05) is 12.1 Å². The van der Waals surface area contributed by atoms with Gasteiger partial charge in [-0.2, -0.15) is 4.39 Å². The smallest absolute Gasteiger partial charge is 0.275 e. The highest BCUT2D eigenvalue weighted by atomic mass is 19.1. The lowest BCUT2D eigenvalue weighted by atomic mass is 10.1. The maximum atomic E-state index is 13.1. The second-order valence-electron chi connectivity index (χ2n) is 6.59. The number of rotatable bonds is 6. The Hall–Kier alpha value is -4.40. The number of nitrogens with zero attached hydrogens (tertiary/aromatic N) is 4. The summed E-state index contributed by atoms with van der Waals surface area (Å²) < 4.78 is 13.1. The predicted molar refractivity (Wildman–Crippen MR) is 116 cm³/mol. The molecule has 8 nitrogen and oxygen atoms in total. The third-order valence-corrected chi connectivity index (χ3v) is 4.42. The van der Waals surface area contributed by atoms with Crippen LogP contribution in [0.15, 0.2) is 73.3 Å². The van der Waals surface area contributed by atoms with Crippen LogP contribution in [0.25, 0.3) is 11.1 Å². The maximum absolute atomic E-state index is 13.1. The molecule has 0 spiro atoms. The van der Waals surface area contributed by atoms with E-state index in [0.29, 0.717) is 29.3 Å². The minimum Gasteiger partial charge on any atom is -0.397 e. The van der Waals surface area contributed by atoms with E-state index in [1.54, 1.807) is 30.5 Å². The van der Waals surface area contributed by atoms with Crippen LogP contribution in [-0.2, 0) is 6.54 Å². The van der Waals surface area contributed by atoms with E-state index in [9.17, 15) is 9.18 Å². The molecule has 0 atom stereocenters. The van der Waals surface area contributed by atoms with Gasteiger partial charge in [-0.05, 0) is 42.0 Å². The van der Waals surface area contributed by atoms with E-state index in [2.05, 4.69) is 30.6 Å². The van der Waals surface area contributed by atoms with Gasteiger partial charge >= 0.3 is 0 Å². The molecule has 3 aromatic heterocycles. The van der Waals surface area contributed by atoms with Crippen molar-refractivity contribution in [3.05, 3.63) is 90.7 Å². The number of aromatic nitrogens is 4. The number of hydrogen-bond acceptors (Lipinski definition) is 7. The lowest BCUT2D eigenvalue weighted by Gasteiger charge is -2.11. The van der Waals surface area contributed by atoms with E-state index in [-0.39, 0.29) is 5.69 Å². The van der Waals surface area contributed by atoms with Gasteiger partial charge in [0.25, 0.3) is 5.91 Å². The second kappa shape index (κ2) is 8.95. The third-order valence-electron chi connectivity index (χ3n) is 4.42. The molecule has 9 heteroatoms. The van der Waals surface area contributed by atoms with E-state index < -0.39 is 11.9 Å². The molecule has 0 saturated carbocycles. The number of nitrogen functional groups attached to an aromatic ring is 1. The monoisotopic (exact) mass is 415 g/mol. The summed E-state index contributed by atoms with van der Waals surface area (Å²) in [6.07, 6.45) is 5.97. The molecular formula is C22H18FN7O. The molecule has 1 aromatic carbocycles. The van der Waals surface area contributed by atoms with E-state index in [0.717, 1.165) is 11.3 Å². The lowest BCUT2D eigenvalue weighted by molar-refractivity contribution is 0.102. The standard InChI is InChI=1S/C22H18FN7O/c23-20-7-5-15(10-27-20)14-4-6-17(24)18(9-14)30-22(31)19-12-29-21(13-26-19)28-11-16-3-1-2-8-25-16/h1-10,12-13H,11,24H2,(H,28,29)(H,30,31). The zero-order valence-electron chi connectivity index (χ0n) is 16.3. The van der Waals surface area contributed by atoms with Gasteiger partial charge in [-0.3, -0.25) is 9.78 Å². The molecule has 0 aliphatic rings. The van der Waals surface area contributed by atoms with Crippen molar-refractivity contribution >= 4 is 23.1 Å². The summed E-state index contributed by atoms with van der Waals surface area (Å²) in [6, 6.07) is 13.6. The topological polar surface area (TPSA) is 119 Å². The summed E-state index contributed by atoms with van der Waals surface area (Å²) in [4.78, 5) is 28.8. The van der Waals surface area contributed by atoms with Gasteiger partial charge in [0.2, 0.25) is 5.95 Å². The summed E-state index contributed by atoms with van der Waals surface area (Å²) in [5.74, 6) is -0.498. The fraction of sp³-hybridized carbons (Fsp3) is 0.0455. The molecule has 0 aliphatic heterocycles. The van der Waals surface area contributed by atoms with Crippen LogP contribution in [0.2, 0.25) is 0 Å². The van der Waals surface area contributed by atoms with Gasteiger partial charge < -0.3 is 16.4 Å². The van der Waals surface area contributed by atoms with Crippen molar-refractivity contribution in [3.63, 3.8) is 0 Å². The average Bonchev–Trinajstić information content (AvgIpc) is 2.81. The molecule has 3 heterocycles. The Balaban J connectivity index is 1.44. The van der Waals surface area contributed by atoms with E-state index in [4.69, 9.17) is 5.73 Å². The van der Waals surface area contributed by atoms with Crippen molar-refractivity contribution in [2.45, 2.75) is 6.54 Å². The first kappa shape index (κ1) is 19.9. The van der Waals surface area contributed by atoms with Crippen LogP contribution in [0, 0.1) is 5.95 Å². The average molecular weight is 415 g/mol. The molecule has 4 rings (SSSR count). The zero-order valence-corrected chi connectivity index (χ0v) is 16.3. The fourth-order valence-corrected chi connectivity index (χ4v) is 2.80. The van der Waals surface area contributed by atoms with Crippen LogP contribution in [0.1, 0.15) is 16.2 Å². The number of nitrogens with two attached hydrogens (primary N) is 1. The van der Waals surface area contributed by atoms with Gasteiger partial charge in [0.1, 0.15) is 11.5 Å². The van der Waals surface area contributed by atoms with Crippen molar-refractivity contribution in [1.29, 1.82) is 0 Å². The Labute approximate surface area is 177 Å². The normalized spacial score (nSPS) is 10.5. The zero-order chi connectivity index (χ0) is 21.6. The number of anilines is 3. The lowest BCUT2D eigenvalue weighted by Crippen LogP contribution is -2.15. The summed E-state index contributed by atoms with van der Waals surface area (Å²) in [5, 5.41) is 5.83. The Morgan fingerprint density at radius 2 is 1.81 bits per heavy atom. The fourth-order valence-electron chi connectivity index (χ4n) is 2.80. The minimum absolute atomic E-state index is 0.136. The van der Waals surface area contributed by atoms with Crippen LogP contribution in [-0.4, -0.2) is 25.8 Å². The van der Waals surface area contributed by atoms with Crippen molar-refractivity contribution < 1.29 is 9.18 Å². The molecule has 0 aliphatic carbocycles. The highest BCUT2D eigenvalue weighted by Crippen LogP contribution is 2.27. The number of hydrogen-bond donors (Lipinski definition) is 3. The Morgan fingerprint density at radius 3 is 2.52 bits per heavy atom. The molecule has 31 heavy (non-hydrogen) atoms. The minimum atomic E-state index is -0.565. The highest BCUT2D eigenvalue weighted by molar-refractivity contribution is 6.04. The van der Waals surface area contributed by atoms with Crippen molar-refractivity contribution in [3.8, 4) is 11.1 Å². The summed E-state index contributed by atoms with van der Waals surface area (Å²) in [6.45, 7) is 0.489. The van der Waals surface area contributed by atoms with E-state index >= 15 is 0 Å².